The van der Waals surface area contributed by atoms with Crippen LogP contribution in [-0.2, 0) is 0 Å². The normalized spacial score (nSPS) is 22.1. The number of para-hydroxylation sites is 1. The van der Waals surface area contributed by atoms with E-state index in [1.165, 1.54) is 6.33 Å². The second-order valence-corrected chi connectivity index (χ2v) is 8.29. The van der Waals surface area contributed by atoms with Gasteiger partial charge in [-0.2, -0.15) is 0 Å². The highest BCUT2D eigenvalue weighted by Gasteiger charge is 2.37. The quantitative estimate of drug-likeness (QED) is 0.458. The fourth-order valence-corrected chi connectivity index (χ4v) is 4.69. The molecule has 1 aliphatic heterocycles. The van der Waals surface area contributed by atoms with Crippen LogP contribution in [0.15, 0.2) is 60.9 Å². The maximum atomic E-state index is 8.79. The van der Waals surface area contributed by atoms with Gasteiger partial charge >= 0.3 is 0 Å². The van der Waals surface area contributed by atoms with Gasteiger partial charge in [0, 0.05) is 11.6 Å². The zero-order valence-electron chi connectivity index (χ0n) is 17.2. The van der Waals surface area contributed by atoms with Gasteiger partial charge in [-0.1, -0.05) is 18.2 Å². The number of ether oxygens (including phenoxy) is 1. The Morgan fingerprint density at radius 2 is 1.65 bits per heavy atom. The van der Waals surface area contributed by atoms with Crippen LogP contribution in [0, 0.1) is 17.2 Å². The molecule has 0 radical (unpaired) electrons. The second-order valence-electron chi connectivity index (χ2n) is 8.29. The fourth-order valence-electron chi connectivity index (χ4n) is 4.69. The molecular formula is C24H26N6O. The summed E-state index contributed by atoms with van der Waals surface area (Å²) >= 11 is 0. The third-order valence-corrected chi connectivity index (χ3v) is 6.24. The zero-order valence-corrected chi connectivity index (χ0v) is 17.2. The number of aromatic nitrogens is 2. The van der Waals surface area contributed by atoms with E-state index in [9.17, 15) is 0 Å². The van der Waals surface area contributed by atoms with Crippen molar-refractivity contribution in [2.75, 3.05) is 24.1 Å². The highest BCUT2D eigenvalue weighted by Crippen LogP contribution is 2.36. The number of fused-ring (bicyclic) bond motifs is 1. The van der Waals surface area contributed by atoms with Crippen molar-refractivity contribution in [1.82, 2.24) is 15.3 Å². The highest BCUT2D eigenvalue weighted by molar-refractivity contribution is 6.16. The van der Waals surface area contributed by atoms with Gasteiger partial charge in [0.2, 0.25) is 0 Å². The lowest BCUT2D eigenvalue weighted by Crippen LogP contribution is -2.23. The minimum absolute atomic E-state index is 0.298. The van der Waals surface area contributed by atoms with E-state index in [1.54, 1.807) is 0 Å². The summed E-state index contributed by atoms with van der Waals surface area (Å²) < 4.78 is 5.85. The van der Waals surface area contributed by atoms with Gasteiger partial charge in [0.15, 0.2) is 0 Å². The number of benzene rings is 2. The molecule has 2 fully saturated rings. The largest absolute Gasteiger partial charge is 0.457 e. The Hall–Kier alpha value is -3.45. The number of anilines is 2. The van der Waals surface area contributed by atoms with Crippen LogP contribution in [0.2, 0.25) is 0 Å². The molecule has 158 valence electrons. The molecule has 5 N–H and O–H groups in total. The zero-order chi connectivity index (χ0) is 21.2. The minimum atomic E-state index is 0.298. The first kappa shape index (κ1) is 19.5. The summed E-state index contributed by atoms with van der Waals surface area (Å²) in [6, 6.07) is 17.4. The average Bonchev–Trinajstić information content (AvgIpc) is 3.37. The predicted octanol–water partition coefficient (Wildman–Crippen LogP) is 3.68. The smallest absolute Gasteiger partial charge is 0.141 e. The number of hydrogen-bond acceptors (Lipinski definition) is 7. The first-order chi connectivity index (χ1) is 15.2. The molecule has 3 atom stereocenters. The van der Waals surface area contributed by atoms with Gasteiger partial charge in [-0.25, -0.2) is 9.97 Å². The number of nitrogens with zero attached hydrogens (tertiary/aromatic N) is 2. The van der Waals surface area contributed by atoms with Crippen molar-refractivity contribution in [3.63, 3.8) is 0 Å². The Morgan fingerprint density at radius 3 is 2.35 bits per heavy atom. The molecule has 0 spiro atoms. The molecule has 2 aliphatic rings. The SMILES string of the molecule is N=C(c1ccc(Oc2ccccc2)cc1)c1c(N)ncnc1NC1C[C@H]2CNC[C@H]2C1. The lowest BCUT2D eigenvalue weighted by Gasteiger charge is -2.18. The van der Waals surface area contributed by atoms with E-state index in [0.29, 0.717) is 34.7 Å². The minimum Gasteiger partial charge on any atom is -0.457 e. The molecule has 0 bridgehead atoms. The van der Waals surface area contributed by atoms with E-state index in [2.05, 4.69) is 20.6 Å². The van der Waals surface area contributed by atoms with Crippen molar-refractivity contribution in [3.8, 4) is 11.5 Å². The van der Waals surface area contributed by atoms with E-state index >= 15 is 0 Å². The van der Waals surface area contributed by atoms with E-state index in [-0.39, 0.29) is 0 Å². The number of hydrogen-bond donors (Lipinski definition) is 4. The molecule has 1 saturated carbocycles. The lowest BCUT2D eigenvalue weighted by atomic mass is 10.0. The van der Waals surface area contributed by atoms with Gasteiger partial charge < -0.3 is 21.1 Å². The molecule has 7 nitrogen and oxygen atoms in total. The topological polar surface area (TPSA) is 109 Å². The highest BCUT2D eigenvalue weighted by atomic mass is 16.5. The monoisotopic (exact) mass is 414 g/mol. The summed E-state index contributed by atoms with van der Waals surface area (Å²) in [5.41, 5.74) is 7.77. The number of nitrogen functional groups attached to an aromatic ring is 1. The summed E-state index contributed by atoms with van der Waals surface area (Å²) in [6.45, 7) is 2.18. The van der Waals surface area contributed by atoms with Crippen molar-refractivity contribution < 1.29 is 4.74 Å². The van der Waals surface area contributed by atoms with Gasteiger partial charge in [0.05, 0.1) is 11.3 Å². The van der Waals surface area contributed by atoms with Crippen LogP contribution in [0.1, 0.15) is 24.0 Å². The molecule has 1 aromatic heterocycles. The van der Waals surface area contributed by atoms with E-state index < -0.39 is 0 Å². The van der Waals surface area contributed by atoms with Crippen LogP contribution in [0.5, 0.6) is 11.5 Å². The molecule has 7 heteroatoms. The second kappa shape index (κ2) is 8.35. The molecule has 31 heavy (non-hydrogen) atoms. The molecule has 2 aromatic carbocycles. The van der Waals surface area contributed by atoms with Gasteiger partial charge in [-0.15, -0.1) is 0 Å². The summed E-state index contributed by atoms with van der Waals surface area (Å²) in [5, 5.41) is 15.8. The van der Waals surface area contributed by atoms with Crippen molar-refractivity contribution in [2.45, 2.75) is 18.9 Å². The standard InChI is InChI=1S/C24H26N6O/c25-22(15-6-8-20(9-7-15)31-19-4-2-1-3-5-19)21-23(26)28-14-29-24(21)30-18-10-16-12-27-13-17(16)11-18/h1-9,14,16-18,25,27H,10-13H2,(H3,26,28,29,30)/t16-,17+,18?. The summed E-state index contributed by atoms with van der Waals surface area (Å²) in [4.78, 5) is 8.58. The first-order valence-electron chi connectivity index (χ1n) is 10.7. The van der Waals surface area contributed by atoms with E-state index in [1.807, 2.05) is 54.6 Å². The number of rotatable bonds is 6. The molecule has 2 heterocycles. The molecule has 0 amide bonds. The number of nitrogens with two attached hydrogens (primary N) is 1. The van der Waals surface area contributed by atoms with Gasteiger partial charge in [-0.05, 0) is 74.2 Å². The van der Waals surface area contributed by atoms with Crippen LogP contribution in [0.4, 0.5) is 11.6 Å². The van der Waals surface area contributed by atoms with Crippen molar-refractivity contribution in [1.29, 1.82) is 5.41 Å². The molecule has 1 aliphatic carbocycles. The van der Waals surface area contributed by atoms with Crippen LogP contribution >= 0.6 is 0 Å². The first-order valence-corrected chi connectivity index (χ1v) is 10.7. The van der Waals surface area contributed by atoms with Gasteiger partial charge in [0.1, 0.15) is 29.5 Å². The third kappa shape index (κ3) is 4.09. The van der Waals surface area contributed by atoms with Gasteiger partial charge in [0.25, 0.3) is 0 Å². The Bertz CT molecular complexity index is 1060. The molecule has 5 rings (SSSR count). The van der Waals surface area contributed by atoms with Crippen LogP contribution in [0.3, 0.4) is 0 Å². The maximum absolute atomic E-state index is 8.79. The summed E-state index contributed by atoms with van der Waals surface area (Å²) in [6.07, 6.45) is 3.68. The Kier molecular flexibility index (Phi) is 5.26. The van der Waals surface area contributed by atoms with Crippen LogP contribution < -0.4 is 21.1 Å². The molecule has 1 saturated heterocycles. The predicted molar refractivity (Wildman–Crippen MR) is 122 cm³/mol. The lowest BCUT2D eigenvalue weighted by molar-refractivity contribution is 0.482. The third-order valence-electron chi connectivity index (χ3n) is 6.24. The Balaban J connectivity index is 1.34. The Labute approximate surface area is 181 Å². The van der Waals surface area contributed by atoms with Crippen LogP contribution in [-0.4, -0.2) is 34.8 Å². The number of nitrogens with one attached hydrogen (secondary N) is 3. The van der Waals surface area contributed by atoms with Crippen LogP contribution in [0.25, 0.3) is 0 Å². The van der Waals surface area contributed by atoms with Crippen molar-refractivity contribution in [3.05, 3.63) is 72.1 Å². The van der Waals surface area contributed by atoms with E-state index in [4.69, 9.17) is 15.9 Å². The van der Waals surface area contributed by atoms with E-state index in [0.717, 1.165) is 49.1 Å². The summed E-state index contributed by atoms with van der Waals surface area (Å²) in [7, 11) is 0. The maximum Gasteiger partial charge on any atom is 0.141 e. The Morgan fingerprint density at radius 1 is 0.968 bits per heavy atom. The van der Waals surface area contributed by atoms with Gasteiger partial charge in [-0.3, -0.25) is 5.41 Å². The molecule has 3 aromatic rings. The molecule has 1 unspecified atom stereocenters. The van der Waals surface area contributed by atoms with Crippen molar-refractivity contribution in [2.24, 2.45) is 11.8 Å². The van der Waals surface area contributed by atoms with Crippen molar-refractivity contribution >= 4 is 17.3 Å². The fraction of sp³-hybridized carbons (Fsp3) is 0.292. The average molecular weight is 415 g/mol. The summed E-state index contributed by atoms with van der Waals surface area (Å²) in [5.74, 6) is 3.87. The molecular weight excluding hydrogens is 388 g/mol.